The van der Waals surface area contributed by atoms with Crippen molar-refractivity contribution in [3.8, 4) is 0 Å². The second-order valence-electron chi connectivity index (χ2n) is 6.59. The van der Waals surface area contributed by atoms with Crippen LogP contribution in [0.15, 0.2) is 0 Å². The van der Waals surface area contributed by atoms with Crippen LogP contribution in [0.25, 0.3) is 0 Å². The molecule has 0 aromatic rings. The molecule has 0 aliphatic rings. The van der Waals surface area contributed by atoms with Gasteiger partial charge in [-0.25, -0.2) is 0 Å². The average Bonchev–Trinajstić information content (AvgIpc) is 2.60. The zero-order chi connectivity index (χ0) is 17.8. The number of quaternary nitrogens is 1. The summed E-state index contributed by atoms with van der Waals surface area (Å²) < 4.78 is 18.8. The number of rotatable bonds is 15. The van der Waals surface area contributed by atoms with Crippen LogP contribution in [0.2, 0.25) is 0 Å². The quantitative estimate of drug-likeness (QED) is 0.316. The van der Waals surface area contributed by atoms with Crippen LogP contribution in [0, 0.1) is 0 Å². The van der Waals surface area contributed by atoms with Gasteiger partial charge in [0, 0.05) is 27.8 Å². The minimum atomic E-state index is -2.66. The molecule has 0 bridgehead atoms. The largest absolute Gasteiger partial charge is 1.00 e. The molecule has 0 saturated heterocycles. The molecule has 0 radical (unpaired) electrons. The molecule has 0 N–H and O–H groups in total. The first kappa shape index (κ1) is 26.6. The first-order valence-electron chi connectivity index (χ1n) is 9.57. The van der Waals surface area contributed by atoms with Crippen molar-refractivity contribution in [2.75, 3.05) is 41.0 Å². The lowest BCUT2D eigenvalue weighted by atomic mass is 10.1. The molecule has 0 saturated carbocycles. The summed E-state index contributed by atoms with van der Waals surface area (Å²) in [5.74, 6) is 0. The molecule has 0 rings (SSSR count). The molecule has 0 aromatic carbocycles. The maximum Gasteiger partial charge on any atom is 0.561 e. The highest BCUT2D eigenvalue weighted by Gasteiger charge is 2.57. The molecule has 0 aliphatic heterocycles. The number of hydrogen-bond acceptors (Lipinski definition) is 3. The summed E-state index contributed by atoms with van der Waals surface area (Å²) in [7, 11) is 2.62. The normalized spacial score (nSPS) is 13.6. The molecule has 4 nitrogen and oxygen atoms in total. The van der Waals surface area contributed by atoms with Crippen LogP contribution in [0.3, 0.4) is 0 Å². The SMILES string of the molecule is CCCC[N+](CCCC)(CCCC)C(CC)[Si](OC)(OC)OC.[Cl-]. The summed E-state index contributed by atoms with van der Waals surface area (Å²) in [5.41, 5.74) is 0.326. The van der Waals surface area contributed by atoms with E-state index in [9.17, 15) is 0 Å². The standard InChI is InChI=1S/C18H42NO3Si.ClH/c1-8-12-15-19(16-13-9-2,17-14-10-3)18(11-4)23(20-5,21-6)22-7;/h18H,8-17H2,1-7H3;1H/q+1;/p-1. The van der Waals surface area contributed by atoms with Gasteiger partial charge in [0.25, 0.3) is 0 Å². The van der Waals surface area contributed by atoms with Crippen molar-refractivity contribution in [2.24, 2.45) is 0 Å². The second-order valence-corrected chi connectivity index (χ2v) is 9.69. The van der Waals surface area contributed by atoms with Gasteiger partial charge in [-0.05, 0) is 19.3 Å². The lowest BCUT2D eigenvalue weighted by Gasteiger charge is -2.49. The van der Waals surface area contributed by atoms with Gasteiger partial charge < -0.3 is 30.2 Å². The van der Waals surface area contributed by atoms with E-state index in [1.165, 1.54) is 58.2 Å². The fourth-order valence-corrected chi connectivity index (χ4v) is 6.73. The predicted octanol–water partition coefficient (Wildman–Crippen LogP) is 1.40. The van der Waals surface area contributed by atoms with Gasteiger partial charge in [0.1, 0.15) is 0 Å². The van der Waals surface area contributed by atoms with Crippen LogP contribution in [0.5, 0.6) is 0 Å². The van der Waals surface area contributed by atoms with E-state index in [2.05, 4.69) is 27.7 Å². The Morgan fingerprint density at radius 1 is 0.708 bits per heavy atom. The van der Waals surface area contributed by atoms with E-state index in [1.807, 2.05) is 0 Å². The third-order valence-electron chi connectivity index (χ3n) is 5.18. The third kappa shape index (κ3) is 6.93. The van der Waals surface area contributed by atoms with E-state index in [-0.39, 0.29) is 12.4 Å². The minimum absolute atomic E-state index is 0. The molecule has 0 aromatic heterocycles. The fourth-order valence-electron chi connectivity index (χ4n) is 3.85. The van der Waals surface area contributed by atoms with E-state index < -0.39 is 8.80 Å². The molecule has 0 amide bonds. The highest BCUT2D eigenvalue weighted by atomic mass is 35.5. The zero-order valence-electron chi connectivity index (χ0n) is 17.2. The molecule has 0 spiro atoms. The van der Waals surface area contributed by atoms with Gasteiger partial charge in [-0.3, -0.25) is 0 Å². The van der Waals surface area contributed by atoms with Crippen molar-refractivity contribution >= 4 is 8.80 Å². The molecule has 0 fully saturated rings. The van der Waals surface area contributed by atoms with Gasteiger partial charge in [-0.1, -0.05) is 47.0 Å². The van der Waals surface area contributed by atoms with Crippen LogP contribution >= 0.6 is 0 Å². The topological polar surface area (TPSA) is 27.7 Å². The summed E-state index contributed by atoms with van der Waals surface area (Å²) in [6.45, 7) is 12.7. The molecule has 148 valence electrons. The number of hydrogen-bond donors (Lipinski definition) is 0. The molecule has 0 aliphatic carbocycles. The number of unbranched alkanes of at least 4 members (excludes halogenated alkanes) is 3. The monoisotopic (exact) mass is 383 g/mol. The average molecular weight is 384 g/mol. The van der Waals surface area contributed by atoms with Crippen LogP contribution in [0.1, 0.15) is 72.6 Å². The van der Waals surface area contributed by atoms with Crippen LogP contribution < -0.4 is 12.4 Å². The molecule has 24 heavy (non-hydrogen) atoms. The lowest BCUT2D eigenvalue weighted by Crippen LogP contribution is -3.00. The molecular weight excluding hydrogens is 342 g/mol. The van der Waals surface area contributed by atoms with Crippen LogP contribution in [-0.2, 0) is 13.3 Å². The van der Waals surface area contributed by atoms with Gasteiger partial charge in [0.05, 0.1) is 19.6 Å². The van der Waals surface area contributed by atoms with Gasteiger partial charge >= 0.3 is 8.80 Å². The van der Waals surface area contributed by atoms with Crippen LogP contribution in [0.4, 0.5) is 0 Å². The van der Waals surface area contributed by atoms with Crippen molar-refractivity contribution in [1.29, 1.82) is 0 Å². The van der Waals surface area contributed by atoms with E-state index in [0.717, 1.165) is 10.9 Å². The highest BCUT2D eigenvalue weighted by Crippen LogP contribution is 2.30. The second kappa shape index (κ2) is 14.5. The summed E-state index contributed by atoms with van der Waals surface area (Å²) in [5, 5.41) is 0. The summed E-state index contributed by atoms with van der Waals surface area (Å²) in [4.78, 5) is 0. The fraction of sp³-hybridized carbons (Fsp3) is 1.00. The Hall–Kier alpha value is 0.347. The smallest absolute Gasteiger partial charge is 0.561 e. The highest BCUT2D eigenvalue weighted by molar-refractivity contribution is 6.62. The Bertz CT molecular complexity index is 261. The third-order valence-corrected chi connectivity index (χ3v) is 8.66. The molecule has 1 atom stereocenters. The minimum Gasteiger partial charge on any atom is -1.00 e. The summed E-state index contributed by atoms with van der Waals surface area (Å²) in [6.07, 6.45) is 8.50. The first-order chi connectivity index (χ1) is 11.1. The first-order valence-corrected chi connectivity index (χ1v) is 11.4. The van der Waals surface area contributed by atoms with Crippen molar-refractivity contribution in [2.45, 2.75) is 78.3 Å². The predicted molar refractivity (Wildman–Crippen MR) is 100 cm³/mol. The van der Waals surface area contributed by atoms with Gasteiger partial charge in [-0.15, -0.1) is 0 Å². The lowest BCUT2D eigenvalue weighted by molar-refractivity contribution is -0.943. The van der Waals surface area contributed by atoms with Crippen LogP contribution in [-0.4, -0.2) is 59.9 Å². The van der Waals surface area contributed by atoms with Gasteiger partial charge in [-0.2, -0.15) is 0 Å². The van der Waals surface area contributed by atoms with Crippen molar-refractivity contribution < 1.29 is 30.2 Å². The maximum atomic E-state index is 5.91. The number of halogens is 1. The molecular formula is C18H42ClNO3Si. The van der Waals surface area contributed by atoms with Gasteiger partial charge in [0.2, 0.25) is 0 Å². The Morgan fingerprint density at radius 2 is 1.04 bits per heavy atom. The zero-order valence-corrected chi connectivity index (χ0v) is 19.0. The Balaban J connectivity index is 0. The molecule has 1 unspecified atom stereocenters. The molecule has 0 heterocycles. The Labute approximate surface area is 158 Å². The van der Waals surface area contributed by atoms with E-state index in [1.54, 1.807) is 21.3 Å². The summed E-state index contributed by atoms with van der Waals surface area (Å²) in [6, 6.07) is 0. The van der Waals surface area contributed by atoms with E-state index in [4.69, 9.17) is 13.3 Å². The maximum absolute atomic E-state index is 5.91. The van der Waals surface area contributed by atoms with Crippen molar-refractivity contribution in [3.63, 3.8) is 0 Å². The summed E-state index contributed by atoms with van der Waals surface area (Å²) >= 11 is 0. The van der Waals surface area contributed by atoms with Crippen molar-refractivity contribution in [1.82, 2.24) is 0 Å². The Morgan fingerprint density at radius 3 is 1.25 bits per heavy atom. The van der Waals surface area contributed by atoms with E-state index in [0.29, 0.717) is 5.67 Å². The van der Waals surface area contributed by atoms with Gasteiger partial charge in [0.15, 0.2) is 5.67 Å². The van der Waals surface area contributed by atoms with E-state index >= 15 is 0 Å². The molecule has 6 heteroatoms. The Kier molecular flexibility index (Phi) is 16.1. The van der Waals surface area contributed by atoms with Crippen molar-refractivity contribution in [3.05, 3.63) is 0 Å². The number of nitrogens with zero attached hydrogens (tertiary/aromatic N) is 1.